The number of rotatable bonds is 9. The summed E-state index contributed by atoms with van der Waals surface area (Å²) < 4.78 is 47.3. The molecule has 4 rings (SSSR count). The van der Waals surface area contributed by atoms with Crippen LogP contribution in [0.1, 0.15) is 6.92 Å². The van der Waals surface area contributed by atoms with Crippen molar-refractivity contribution in [2.24, 2.45) is 0 Å². The first kappa shape index (κ1) is 24.6. The van der Waals surface area contributed by atoms with Crippen LogP contribution in [0, 0.1) is 5.82 Å². The standard InChI is InChI=1S/C23H28FN7O3S/c1-3-34-20-14-16(31-12-10-26-11-13-31)8-9-18(20)29-23-27-15-17(24)22(30-23)28-19-6-4-5-7-21(19)35(32,33)25-2/h4-9,14-15,25-26H,3,10-13H2,1-2H3,(H2,27,28,29,30). The summed E-state index contributed by atoms with van der Waals surface area (Å²) in [5.41, 5.74) is 1.85. The minimum Gasteiger partial charge on any atom is -0.492 e. The maximum absolute atomic E-state index is 14.5. The fourth-order valence-electron chi connectivity index (χ4n) is 3.69. The molecular formula is C23H28FN7O3S. The second kappa shape index (κ2) is 10.8. The van der Waals surface area contributed by atoms with Gasteiger partial charge in [-0.1, -0.05) is 12.1 Å². The Balaban J connectivity index is 1.60. The van der Waals surface area contributed by atoms with Crippen LogP contribution in [-0.4, -0.2) is 58.2 Å². The molecule has 0 unspecified atom stereocenters. The van der Waals surface area contributed by atoms with Gasteiger partial charge in [0.25, 0.3) is 0 Å². The molecule has 1 aliphatic rings. The molecule has 4 N–H and O–H groups in total. The van der Waals surface area contributed by atoms with E-state index in [4.69, 9.17) is 4.74 Å². The van der Waals surface area contributed by atoms with E-state index in [1.165, 1.54) is 19.2 Å². The van der Waals surface area contributed by atoms with Gasteiger partial charge in [0, 0.05) is 37.9 Å². The van der Waals surface area contributed by atoms with E-state index < -0.39 is 15.8 Å². The molecule has 0 aliphatic carbocycles. The quantitative estimate of drug-likeness (QED) is 0.351. The third-order valence-electron chi connectivity index (χ3n) is 5.44. The lowest BCUT2D eigenvalue weighted by Gasteiger charge is -2.30. The number of hydrogen-bond acceptors (Lipinski definition) is 9. The molecule has 1 aliphatic heterocycles. The van der Waals surface area contributed by atoms with E-state index in [0.29, 0.717) is 18.0 Å². The minimum atomic E-state index is -3.76. The highest BCUT2D eigenvalue weighted by molar-refractivity contribution is 7.89. The molecular weight excluding hydrogens is 473 g/mol. The van der Waals surface area contributed by atoms with E-state index in [1.807, 2.05) is 25.1 Å². The molecule has 186 valence electrons. The highest BCUT2D eigenvalue weighted by Gasteiger charge is 2.19. The van der Waals surface area contributed by atoms with E-state index in [2.05, 4.69) is 35.5 Å². The molecule has 0 atom stereocenters. The number of aromatic nitrogens is 2. The van der Waals surface area contributed by atoms with E-state index >= 15 is 0 Å². The average molecular weight is 502 g/mol. The van der Waals surface area contributed by atoms with Crippen LogP contribution in [0.25, 0.3) is 0 Å². The van der Waals surface area contributed by atoms with Crippen molar-refractivity contribution >= 4 is 38.9 Å². The molecule has 35 heavy (non-hydrogen) atoms. The van der Waals surface area contributed by atoms with Crippen molar-refractivity contribution in [3.8, 4) is 5.75 Å². The third kappa shape index (κ3) is 5.78. The van der Waals surface area contributed by atoms with Gasteiger partial charge < -0.3 is 25.6 Å². The van der Waals surface area contributed by atoms with Gasteiger partial charge in [-0.3, -0.25) is 0 Å². The maximum Gasteiger partial charge on any atom is 0.242 e. The zero-order valence-electron chi connectivity index (χ0n) is 19.5. The van der Waals surface area contributed by atoms with Crippen molar-refractivity contribution in [3.05, 3.63) is 54.5 Å². The third-order valence-corrected chi connectivity index (χ3v) is 6.91. The number of nitrogens with zero attached hydrogens (tertiary/aromatic N) is 3. The highest BCUT2D eigenvalue weighted by Crippen LogP contribution is 2.32. The van der Waals surface area contributed by atoms with Gasteiger partial charge in [0.2, 0.25) is 16.0 Å². The van der Waals surface area contributed by atoms with Crippen LogP contribution in [0.5, 0.6) is 5.75 Å². The summed E-state index contributed by atoms with van der Waals surface area (Å²) in [6, 6.07) is 12.0. The van der Waals surface area contributed by atoms with Gasteiger partial charge in [-0.15, -0.1) is 0 Å². The number of ether oxygens (including phenoxy) is 1. The number of halogens is 1. The Hall–Kier alpha value is -3.48. The van der Waals surface area contributed by atoms with Gasteiger partial charge in [-0.25, -0.2) is 22.5 Å². The van der Waals surface area contributed by atoms with Crippen LogP contribution in [0.4, 0.5) is 33.2 Å². The van der Waals surface area contributed by atoms with Gasteiger partial charge in [0.05, 0.1) is 24.2 Å². The molecule has 1 fully saturated rings. The second-order valence-corrected chi connectivity index (χ2v) is 9.55. The van der Waals surface area contributed by atoms with Crippen LogP contribution >= 0.6 is 0 Å². The fraction of sp³-hybridized carbons (Fsp3) is 0.304. The van der Waals surface area contributed by atoms with Gasteiger partial charge in [0.1, 0.15) is 10.6 Å². The second-order valence-electron chi connectivity index (χ2n) is 7.69. The van der Waals surface area contributed by atoms with E-state index in [9.17, 15) is 12.8 Å². The smallest absolute Gasteiger partial charge is 0.242 e. The first-order valence-corrected chi connectivity index (χ1v) is 12.7. The minimum absolute atomic E-state index is 0.0304. The molecule has 10 nitrogen and oxygen atoms in total. The zero-order chi connectivity index (χ0) is 24.8. The first-order valence-electron chi connectivity index (χ1n) is 11.2. The normalized spacial score (nSPS) is 14.0. The predicted molar refractivity (Wildman–Crippen MR) is 134 cm³/mol. The molecule has 0 saturated carbocycles. The van der Waals surface area contributed by atoms with E-state index in [-0.39, 0.29) is 22.3 Å². The Bertz CT molecular complexity index is 1280. The van der Waals surface area contributed by atoms with Gasteiger partial charge >= 0.3 is 0 Å². The lowest BCUT2D eigenvalue weighted by Crippen LogP contribution is -2.43. The van der Waals surface area contributed by atoms with Crippen molar-refractivity contribution in [1.29, 1.82) is 0 Å². The number of sulfonamides is 1. The summed E-state index contributed by atoms with van der Waals surface area (Å²) in [6.45, 7) is 6.00. The summed E-state index contributed by atoms with van der Waals surface area (Å²) >= 11 is 0. The topological polar surface area (TPSA) is 121 Å². The summed E-state index contributed by atoms with van der Waals surface area (Å²) in [5, 5.41) is 9.19. The first-order chi connectivity index (χ1) is 16.9. The zero-order valence-corrected chi connectivity index (χ0v) is 20.3. The Morgan fingerprint density at radius 1 is 1.11 bits per heavy atom. The molecule has 2 aromatic carbocycles. The summed E-state index contributed by atoms with van der Waals surface area (Å²) in [5.74, 6) is -0.155. The summed E-state index contributed by atoms with van der Waals surface area (Å²) in [7, 11) is -2.46. The van der Waals surface area contributed by atoms with Gasteiger partial charge in [-0.05, 0) is 38.2 Å². The molecule has 1 aromatic heterocycles. The summed E-state index contributed by atoms with van der Waals surface area (Å²) in [4.78, 5) is 10.5. The Morgan fingerprint density at radius 3 is 2.63 bits per heavy atom. The van der Waals surface area contributed by atoms with Gasteiger partial charge in [-0.2, -0.15) is 4.98 Å². The number of nitrogens with one attached hydrogen (secondary N) is 4. The molecule has 0 amide bonds. The fourth-order valence-corrected chi connectivity index (χ4v) is 4.57. The molecule has 0 radical (unpaired) electrons. The van der Waals surface area contributed by atoms with Crippen LogP contribution in [0.15, 0.2) is 53.6 Å². The molecule has 0 bridgehead atoms. The lowest BCUT2D eigenvalue weighted by molar-refractivity contribution is 0.342. The van der Waals surface area contributed by atoms with E-state index in [0.717, 1.165) is 38.1 Å². The van der Waals surface area contributed by atoms with Gasteiger partial charge in [0.15, 0.2) is 11.6 Å². The predicted octanol–water partition coefficient (Wildman–Crippen LogP) is 2.82. The molecule has 12 heteroatoms. The van der Waals surface area contributed by atoms with Crippen molar-refractivity contribution < 1.29 is 17.5 Å². The van der Waals surface area contributed by atoms with Crippen molar-refractivity contribution in [3.63, 3.8) is 0 Å². The molecule has 2 heterocycles. The van der Waals surface area contributed by atoms with E-state index in [1.54, 1.807) is 12.1 Å². The molecule has 1 saturated heterocycles. The Labute approximate surface area is 204 Å². The lowest BCUT2D eigenvalue weighted by atomic mass is 10.2. The average Bonchev–Trinajstić information content (AvgIpc) is 2.88. The molecule has 0 spiro atoms. The SMILES string of the molecule is CCOc1cc(N2CCNCC2)ccc1Nc1ncc(F)c(Nc2ccccc2S(=O)(=O)NC)n1. The maximum atomic E-state index is 14.5. The summed E-state index contributed by atoms with van der Waals surface area (Å²) in [6.07, 6.45) is 1.02. The largest absolute Gasteiger partial charge is 0.492 e. The van der Waals surface area contributed by atoms with Crippen LogP contribution < -0.4 is 30.3 Å². The number of hydrogen-bond donors (Lipinski definition) is 4. The van der Waals surface area contributed by atoms with Crippen LogP contribution in [0.2, 0.25) is 0 Å². The van der Waals surface area contributed by atoms with Crippen LogP contribution in [-0.2, 0) is 10.0 Å². The Kier molecular flexibility index (Phi) is 7.63. The van der Waals surface area contributed by atoms with Crippen LogP contribution in [0.3, 0.4) is 0 Å². The Morgan fingerprint density at radius 2 is 1.89 bits per heavy atom. The number of benzene rings is 2. The highest BCUT2D eigenvalue weighted by atomic mass is 32.2. The number of anilines is 5. The van der Waals surface area contributed by atoms with Crippen molar-refractivity contribution in [2.45, 2.75) is 11.8 Å². The van der Waals surface area contributed by atoms with Crippen molar-refractivity contribution in [2.75, 3.05) is 55.4 Å². The monoisotopic (exact) mass is 501 g/mol. The molecule has 3 aromatic rings. The van der Waals surface area contributed by atoms with Crippen molar-refractivity contribution in [1.82, 2.24) is 20.0 Å². The number of para-hydroxylation sites is 1. The number of piperazine rings is 1.